The van der Waals surface area contributed by atoms with E-state index in [0.29, 0.717) is 5.82 Å². The Morgan fingerprint density at radius 3 is 2.33 bits per heavy atom. The topological polar surface area (TPSA) is 38.1 Å². The Bertz CT molecular complexity index is 474. The van der Waals surface area contributed by atoms with Gasteiger partial charge in [0, 0.05) is 35.8 Å². The van der Waals surface area contributed by atoms with Crippen LogP contribution in [0, 0.1) is 0 Å². The van der Waals surface area contributed by atoms with Crippen molar-refractivity contribution in [2.45, 2.75) is 45.7 Å². The van der Waals surface area contributed by atoms with E-state index in [1.165, 1.54) is 0 Å². The van der Waals surface area contributed by atoms with Crippen LogP contribution in [0.3, 0.4) is 0 Å². The van der Waals surface area contributed by atoms with Gasteiger partial charge >= 0.3 is 0 Å². The van der Waals surface area contributed by atoms with Crippen LogP contribution in [0.15, 0.2) is 17.2 Å². The molecular weight excluding hydrogens is 294 g/mol. The van der Waals surface area contributed by atoms with Gasteiger partial charge in [-0.05, 0) is 34.6 Å². The predicted octanol–water partition coefficient (Wildman–Crippen LogP) is 2.61. The molecule has 0 N–H and O–H groups in total. The Balaban J connectivity index is 3.33. The summed E-state index contributed by atoms with van der Waals surface area (Å²) in [4.78, 5) is 18.6. The van der Waals surface area contributed by atoms with Gasteiger partial charge in [-0.2, -0.15) is 0 Å². The fourth-order valence-corrected chi connectivity index (χ4v) is 1.91. The van der Waals surface area contributed by atoms with Crippen LogP contribution >= 0.6 is 15.9 Å². The van der Waals surface area contributed by atoms with Crippen LogP contribution in [0.4, 0.5) is 5.82 Å². The Morgan fingerprint density at radius 1 is 1.33 bits per heavy atom. The molecule has 5 heteroatoms. The van der Waals surface area contributed by atoms with E-state index in [4.69, 9.17) is 0 Å². The zero-order valence-corrected chi connectivity index (χ0v) is 13.6. The maximum atomic E-state index is 12.5. The Kier molecular flexibility index (Phi) is 4.26. The molecule has 1 heterocycles. The lowest BCUT2D eigenvalue weighted by Crippen LogP contribution is -2.47. The first-order chi connectivity index (χ1) is 8.11. The second-order valence-corrected chi connectivity index (χ2v) is 6.66. The van der Waals surface area contributed by atoms with Crippen molar-refractivity contribution in [1.29, 1.82) is 0 Å². The molecule has 1 aromatic heterocycles. The van der Waals surface area contributed by atoms with E-state index in [9.17, 15) is 4.79 Å². The summed E-state index contributed by atoms with van der Waals surface area (Å²) < 4.78 is 1.72. The van der Waals surface area contributed by atoms with Gasteiger partial charge in [0.25, 0.3) is 5.56 Å². The molecule has 4 nitrogen and oxygen atoms in total. The number of rotatable bonds is 3. The summed E-state index contributed by atoms with van der Waals surface area (Å²) in [6.45, 7) is 10.2. The third kappa shape index (κ3) is 2.94. The second kappa shape index (κ2) is 5.03. The zero-order chi connectivity index (χ0) is 14.1. The molecule has 0 atom stereocenters. The average Bonchev–Trinajstić information content (AvgIpc) is 2.27. The van der Waals surface area contributed by atoms with Crippen LogP contribution in [0.2, 0.25) is 0 Å². The molecule has 0 fully saturated rings. The van der Waals surface area contributed by atoms with Gasteiger partial charge < -0.3 is 9.47 Å². The van der Waals surface area contributed by atoms with Gasteiger partial charge in [-0.25, -0.2) is 4.98 Å². The lowest BCUT2D eigenvalue weighted by atomic mass is 10.1. The molecular formula is C13H22BrN3O. The number of halogens is 1. The quantitative estimate of drug-likeness (QED) is 0.805. The molecule has 0 aliphatic carbocycles. The van der Waals surface area contributed by atoms with Gasteiger partial charge in [0.1, 0.15) is 0 Å². The number of alkyl halides is 1. The van der Waals surface area contributed by atoms with Crippen molar-refractivity contribution in [3.8, 4) is 0 Å². The first-order valence-corrected chi connectivity index (χ1v) is 7.11. The molecule has 0 aliphatic rings. The van der Waals surface area contributed by atoms with Crippen molar-refractivity contribution in [2.24, 2.45) is 0 Å². The highest BCUT2D eigenvalue weighted by atomic mass is 79.9. The number of aromatic nitrogens is 2. The summed E-state index contributed by atoms with van der Waals surface area (Å²) in [6, 6.07) is 0. The first-order valence-electron chi connectivity index (χ1n) is 5.99. The van der Waals surface area contributed by atoms with E-state index in [1.54, 1.807) is 17.0 Å². The van der Waals surface area contributed by atoms with E-state index in [2.05, 4.69) is 34.8 Å². The molecule has 1 rings (SSSR count). The third-order valence-electron chi connectivity index (χ3n) is 3.10. The molecule has 0 spiro atoms. The number of anilines is 1. The van der Waals surface area contributed by atoms with Gasteiger partial charge in [0.2, 0.25) is 0 Å². The molecule has 0 radical (unpaired) electrons. The number of hydrogen-bond acceptors (Lipinski definition) is 3. The molecule has 0 amide bonds. The summed E-state index contributed by atoms with van der Waals surface area (Å²) in [5.41, 5.74) is -0.460. The summed E-state index contributed by atoms with van der Waals surface area (Å²) in [7, 11) is 1.90. The van der Waals surface area contributed by atoms with Gasteiger partial charge in [-0.15, -0.1) is 0 Å². The summed E-state index contributed by atoms with van der Waals surface area (Å²) in [5.74, 6) is 0.483. The van der Waals surface area contributed by atoms with Crippen LogP contribution in [-0.4, -0.2) is 27.5 Å². The van der Waals surface area contributed by atoms with Crippen molar-refractivity contribution in [2.75, 3.05) is 17.3 Å². The minimum Gasteiger partial charge on any atom is -0.349 e. The molecule has 0 aromatic carbocycles. The average molecular weight is 316 g/mol. The van der Waals surface area contributed by atoms with E-state index in [0.717, 1.165) is 5.33 Å². The van der Waals surface area contributed by atoms with Gasteiger partial charge in [-0.3, -0.25) is 4.79 Å². The molecule has 0 saturated carbocycles. The highest BCUT2D eigenvalue weighted by Crippen LogP contribution is 2.20. The summed E-state index contributed by atoms with van der Waals surface area (Å²) >= 11 is 3.47. The predicted molar refractivity (Wildman–Crippen MR) is 79.8 cm³/mol. The molecule has 0 saturated heterocycles. The van der Waals surface area contributed by atoms with Crippen molar-refractivity contribution >= 4 is 21.7 Å². The van der Waals surface area contributed by atoms with Crippen LogP contribution in [0.1, 0.15) is 34.6 Å². The molecule has 18 heavy (non-hydrogen) atoms. The zero-order valence-electron chi connectivity index (χ0n) is 12.0. The van der Waals surface area contributed by atoms with E-state index >= 15 is 0 Å². The molecule has 102 valence electrons. The van der Waals surface area contributed by atoms with Gasteiger partial charge in [0.15, 0.2) is 5.82 Å². The first kappa shape index (κ1) is 15.2. The number of hydrogen-bond donors (Lipinski definition) is 0. The normalized spacial score (nSPS) is 12.6. The monoisotopic (exact) mass is 315 g/mol. The van der Waals surface area contributed by atoms with Crippen molar-refractivity contribution in [3.05, 3.63) is 22.7 Å². The van der Waals surface area contributed by atoms with Crippen molar-refractivity contribution in [1.82, 2.24) is 9.55 Å². The maximum Gasteiger partial charge on any atom is 0.293 e. The van der Waals surface area contributed by atoms with Crippen LogP contribution < -0.4 is 10.5 Å². The van der Waals surface area contributed by atoms with Crippen molar-refractivity contribution in [3.63, 3.8) is 0 Å². The highest BCUT2D eigenvalue weighted by molar-refractivity contribution is 9.09. The fraction of sp³-hybridized carbons (Fsp3) is 0.692. The summed E-state index contributed by atoms with van der Waals surface area (Å²) in [5, 5.41) is 0.766. The summed E-state index contributed by atoms with van der Waals surface area (Å²) in [6.07, 6.45) is 3.42. The Morgan fingerprint density at radius 2 is 1.89 bits per heavy atom. The number of nitrogens with zero attached hydrogens (tertiary/aromatic N) is 3. The van der Waals surface area contributed by atoms with Crippen LogP contribution in [0.25, 0.3) is 0 Å². The third-order valence-corrected chi connectivity index (χ3v) is 4.47. The van der Waals surface area contributed by atoms with Gasteiger partial charge in [-0.1, -0.05) is 15.9 Å². The maximum absolute atomic E-state index is 12.5. The van der Waals surface area contributed by atoms with Crippen LogP contribution in [-0.2, 0) is 5.54 Å². The Hall–Kier alpha value is -0.840. The Labute approximate surface area is 117 Å². The fourth-order valence-electron chi connectivity index (χ4n) is 1.54. The lowest BCUT2D eigenvalue weighted by molar-refractivity contribution is 0.381. The van der Waals surface area contributed by atoms with Gasteiger partial charge in [0.05, 0.1) is 0 Å². The minimum atomic E-state index is -0.242. The van der Waals surface area contributed by atoms with Crippen LogP contribution in [0.5, 0.6) is 0 Å². The van der Waals surface area contributed by atoms with E-state index < -0.39 is 0 Å². The smallest absolute Gasteiger partial charge is 0.293 e. The largest absolute Gasteiger partial charge is 0.349 e. The molecule has 1 aromatic rings. The second-order valence-electron chi connectivity index (χ2n) is 6.10. The minimum absolute atomic E-state index is 0.0541. The molecule has 0 bridgehead atoms. The SMILES string of the molecule is CN(c1nccn(C(C)(C)C)c1=O)C(C)(C)CBr. The standard InChI is InChI=1S/C13H22BrN3O/c1-12(2,3)17-8-7-15-10(11(17)18)16(6)13(4,5)9-14/h7-8H,9H2,1-6H3. The van der Waals surface area contributed by atoms with E-state index in [-0.39, 0.29) is 16.6 Å². The molecule has 0 aliphatic heterocycles. The lowest BCUT2D eigenvalue weighted by Gasteiger charge is -2.35. The van der Waals surface area contributed by atoms with E-state index in [1.807, 2.05) is 32.7 Å². The highest BCUT2D eigenvalue weighted by Gasteiger charge is 2.27. The van der Waals surface area contributed by atoms with Crippen molar-refractivity contribution < 1.29 is 0 Å². The molecule has 0 unspecified atom stereocenters.